The summed E-state index contributed by atoms with van der Waals surface area (Å²) in [6.07, 6.45) is 2.62. The average molecular weight is 394 g/mol. The SMILES string of the molecule is COc1nc(C(=O)N2CCC3(CC2)OCCc2sccc23)nn1C.O=CO. The minimum absolute atomic E-state index is 0.148. The van der Waals surface area contributed by atoms with Gasteiger partial charge in [0.05, 0.1) is 19.3 Å². The summed E-state index contributed by atoms with van der Waals surface area (Å²) in [5.41, 5.74) is 1.10. The number of carboxylic acid groups (broad SMARTS) is 1. The summed E-state index contributed by atoms with van der Waals surface area (Å²) in [5.74, 6) is 0.0381. The summed E-state index contributed by atoms with van der Waals surface area (Å²) >= 11 is 1.81. The van der Waals surface area contributed by atoms with Crippen LogP contribution < -0.4 is 4.74 Å². The van der Waals surface area contributed by atoms with E-state index in [0.29, 0.717) is 19.1 Å². The lowest BCUT2D eigenvalue weighted by Gasteiger charge is -2.43. The van der Waals surface area contributed by atoms with E-state index in [4.69, 9.17) is 19.4 Å². The molecule has 1 N–H and O–H groups in total. The molecular formula is C17H22N4O5S. The molecule has 0 unspecified atom stereocenters. The first kappa shape index (κ1) is 19.3. The number of aryl methyl sites for hydroxylation is 1. The first-order chi connectivity index (χ1) is 13.0. The van der Waals surface area contributed by atoms with Gasteiger partial charge in [0.15, 0.2) is 0 Å². The number of methoxy groups -OCH3 is 1. The summed E-state index contributed by atoms with van der Waals surface area (Å²) < 4.78 is 12.7. The first-order valence-corrected chi connectivity index (χ1v) is 9.45. The van der Waals surface area contributed by atoms with Gasteiger partial charge in [-0.1, -0.05) is 0 Å². The van der Waals surface area contributed by atoms with Gasteiger partial charge in [0.1, 0.15) is 0 Å². The molecule has 0 aliphatic carbocycles. The number of hydrogen-bond donors (Lipinski definition) is 1. The second-order valence-corrected chi connectivity index (χ2v) is 7.29. The second-order valence-electron chi connectivity index (χ2n) is 6.29. The lowest BCUT2D eigenvalue weighted by atomic mass is 9.82. The Kier molecular flexibility index (Phi) is 5.76. The summed E-state index contributed by atoms with van der Waals surface area (Å²) in [5, 5.41) is 13.2. The van der Waals surface area contributed by atoms with Crippen molar-refractivity contribution in [2.75, 3.05) is 26.8 Å². The number of fused-ring (bicyclic) bond motifs is 2. The summed E-state index contributed by atoms with van der Waals surface area (Å²) in [4.78, 5) is 28.4. The number of piperidine rings is 1. The summed E-state index contributed by atoms with van der Waals surface area (Å²) in [6, 6.07) is 2.52. The van der Waals surface area contributed by atoms with Crippen LogP contribution in [0.3, 0.4) is 0 Å². The highest BCUT2D eigenvalue weighted by molar-refractivity contribution is 7.10. The zero-order valence-electron chi connectivity index (χ0n) is 15.3. The highest BCUT2D eigenvalue weighted by atomic mass is 32.1. The van der Waals surface area contributed by atoms with E-state index in [9.17, 15) is 4.79 Å². The standard InChI is InChI=1S/C16H20N4O3S.CH2O2/c1-19-15(22-2)17-13(18-19)14(21)20-7-5-16(6-8-20)11-4-10-24-12(11)3-9-23-16;2-1-3/h4,10H,3,5-9H2,1-2H3;1H,(H,2,3). The maximum Gasteiger partial charge on any atom is 0.314 e. The lowest BCUT2D eigenvalue weighted by Crippen LogP contribution is -2.48. The van der Waals surface area contributed by atoms with Crippen LogP contribution in [0.1, 0.15) is 33.9 Å². The van der Waals surface area contributed by atoms with Crippen molar-refractivity contribution in [3.63, 3.8) is 0 Å². The average Bonchev–Trinajstić information content (AvgIpc) is 3.30. The Hall–Kier alpha value is -2.46. The molecule has 27 heavy (non-hydrogen) atoms. The normalized spacial score (nSPS) is 17.6. The molecule has 1 fully saturated rings. The fraction of sp³-hybridized carbons (Fsp3) is 0.529. The third-order valence-corrected chi connectivity index (χ3v) is 5.88. The first-order valence-electron chi connectivity index (χ1n) is 8.57. The molecule has 10 heteroatoms. The van der Waals surface area contributed by atoms with E-state index in [0.717, 1.165) is 25.9 Å². The third kappa shape index (κ3) is 3.67. The van der Waals surface area contributed by atoms with Crippen LogP contribution in [0.15, 0.2) is 11.4 Å². The number of likely N-dealkylation sites (tertiary alicyclic amines) is 1. The van der Waals surface area contributed by atoms with Gasteiger partial charge in [-0.05, 0) is 29.9 Å². The van der Waals surface area contributed by atoms with Crippen LogP contribution >= 0.6 is 11.3 Å². The van der Waals surface area contributed by atoms with Crippen LogP contribution in [0.4, 0.5) is 0 Å². The maximum atomic E-state index is 12.6. The van der Waals surface area contributed by atoms with Gasteiger partial charge in [0.25, 0.3) is 12.4 Å². The molecule has 2 aliphatic rings. The summed E-state index contributed by atoms with van der Waals surface area (Å²) in [6.45, 7) is 1.81. The molecule has 2 aliphatic heterocycles. The number of nitrogens with zero attached hydrogens (tertiary/aromatic N) is 4. The van der Waals surface area contributed by atoms with Crippen LogP contribution in [0.5, 0.6) is 6.01 Å². The molecule has 1 saturated heterocycles. The van der Waals surface area contributed by atoms with E-state index >= 15 is 0 Å². The fourth-order valence-corrected chi connectivity index (χ4v) is 4.57. The number of carbonyl (C=O) groups is 2. The van der Waals surface area contributed by atoms with Gasteiger partial charge in [-0.2, -0.15) is 4.98 Å². The predicted molar refractivity (Wildman–Crippen MR) is 97.0 cm³/mol. The topological polar surface area (TPSA) is 107 Å². The van der Waals surface area contributed by atoms with Gasteiger partial charge in [-0.25, -0.2) is 4.68 Å². The van der Waals surface area contributed by atoms with Gasteiger partial charge in [-0.15, -0.1) is 16.4 Å². The van der Waals surface area contributed by atoms with Crippen molar-refractivity contribution in [2.45, 2.75) is 24.9 Å². The maximum absolute atomic E-state index is 12.6. The van der Waals surface area contributed by atoms with E-state index in [2.05, 4.69) is 21.5 Å². The Morgan fingerprint density at radius 1 is 1.44 bits per heavy atom. The van der Waals surface area contributed by atoms with Crippen molar-refractivity contribution in [1.82, 2.24) is 19.7 Å². The molecule has 9 nitrogen and oxygen atoms in total. The monoisotopic (exact) mass is 394 g/mol. The predicted octanol–water partition coefficient (Wildman–Crippen LogP) is 1.29. The van der Waals surface area contributed by atoms with Crippen molar-refractivity contribution < 1.29 is 24.2 Å². The number of ether oxygens (including phenoxy) is 2. The molecule has 0 bridgehead atoms. The van der Waals surface area contributed by atoms with Crippen LogP contribution in [-0.4, -0.2) is 64.0 Å². The van der Waals surface area contributed by atoms with Crippen molar-refractivity contribution in [3.8, 4) is 6.01 Å². The van der Waals surface area contributed by atoms with E-state index < -0.39 is 0 Å². The molecule has 1 spiro atoms. The largest absolute Gasteiger partial charge is 0.483 e. The molecule has 2 aromatic heterocycles. The van der Waals surface area contributed by atoms with Gasteiger partial charge in [0.2, 0.25) is 5.82 Å². The Bertz CT molecular complexity index is 810. The number of amides is 1. The molecule has 4 rings (SSSR count). The molecule has 4 heterocycles. The molecule has 0 aromatic carbocycles. The minimum atomic E-state index is -0.250. The highest BCUT2D eigenvalue weighted by Crippen LogP contribution is 2.43. The Balaban J connectivity index is 0.000000659. The second kappa shape index (κ2) is 8.05. The van der Waals surface area contributed by atoms with E-state index in [-0.39, 0.29) is 23.8 Å². The van der Waals surface area contributed by atoms with Crippen molar-refractivity contribution >= 4 is 23.7 Å². The quantitative estimate of drug-likeness (QED) is 0.765. The van der Waals surface area contributed by atoms with Crippen LogP contribution in [0.2, 0.25) is 0 Å². The molecule has 0 radical (unpaired) electrons. The molecule has 0 saturated carbocycles. The van der Waals surface area contributed by atoms with Gasteiger partial charge in [-0.3, -0.25) is 9.59 Å². The van der Waals surface area contributed by atoms with Gasteiger partial charge >= 0.3 is 6.01 Å². The molecule has 0 atom stereocenters. The van der Waals surface area contributed by atoms with Gasteiger partial charge in [0, 0.05) is 31.4 Å². The number of rotatable bonds is 2. The van der Waals surface area contributed by atoms with E-state index in [1.807, 2.05) is 4.90 Å². The zero-order valence-corrected chi connectivity index (χ0v) is 16.1. The summed E-state index contributed by atoms with van der Waals surface area (Å²) in [7, 11) is 3.23. The number of thiophene rings is 1. The number of aromatic nitrogens is 3. The lowest BCUT2D eigenvalue weighted by molar-refractivity contribution is -0.122. The van der Waals surface area contributed by atoms with Crippen molar-refractivity contribution in [2.24, 2.45) is 7.05 Å². The van der Waals surface area contributed by atoms with Crippen LogP contribution in [-0.2, 0) is 28.6 Å². The third-order valence-electron chi connectivity index (χ3n) is 4.90. The molecule has 2 aromatic rings. The van der Waals surface area contributed by atoms with E-state index in [1.165, 1.54) is 22.2 Å². The molecule has 146 valence electrons. The van der Waals surface area contributed by atoms with Crippen molar-refractivity contribution in [3.05, 3.63) is 27.7 Å². The Labute approximate surface area is 160 Å². The zero-order chi connectivity index (χ0) is 19.4. The minimum Gasteiger partial charge on any atom is -0.483 e. The number of hydrogen-bond acceptors (Lipinski definition) is 7. The smallest absolute Gasteiger partial charge is 0.314 e. The Morgan fingerprint density at radius 3 is 2.78 bits per heavy atom. The number of carbonyl (C=O) groups excluding carboxylic acids is 1. The highest BCUT2D eigenvalue weighted by Gasteiger charge is 2.42. The molecular weight excluding hydrogens is 372 g/mol. The molecule has 1 amide bonds. The van der Waals surface area contributed by atoms with E-state index in [1.54, 1.807) is 18.4 Å². The Morgan fingerprint density at radius 2 is 2.15 bits per heavy atom. The van der Waals surface area contributed by atoms with Gasteiger partial charge < -0.3 is 19.5 Å². The van der Waals surface area contributed by atoms with Crippen LogP contribution in [0, 0.1) is 0 Å². The van der Waals surface area contributed by atoms with Crippen molar-refractivity contribution in [1.29, 1.82) is 0 Å². The van der Waals surface area contributed by atoms with Crippen LogP contribution in [0.25, 0.3) is 0 Å². The fourth-order valence-electron chi connectivity index (χ4n) is 3.62.